The van der Waals surface area contributed by atoms with Crippen molar-refractivity contribution in [2.24, 2.45) is 0 Å². The molecule has 1 aromatic heterocycles. The van der Waals surface area contributed by atoms with Gasteiger partial charge in [-0.25, -0.2) is 0 Å². The number of aromatic nitrogens is 2. The van der Waals surface area contributed by atoms with Gasteiger partial charge in [0.25, 0.3) is 0 Å². The van der Waals surface area contributed by atoms with Gasteiger partial charge < -0.3 is 10.1 Å². The molecule has 1 amide bonds. The first kappa shape index (κ1) is 15.8. The van der Waals surface area contributed by atoms with Crippen LogP contribution in [0.25, 0.3) is 10.9 Å². The molecule has 0 bridgehead atoms. The second-order valence-electron chi connectivity index (χ2n) is 6.30. The summed E-state index contributed by atoms with van der Waals surface area (Å²) < 4.78 is 7.11. The van der Waals surface area contributed by atoms with Crippen molar-refractivity contribution in [2.45, 2.75) is 57.5 Å². The summed E-state index contributed by atoms with van der Waals surface area (Å²) in [6.45, 7) is 0.606. The van der Waals surface area contributed by atoms with Crippen LogP contribution in [0.3, 0.4) is 0 Å². The minimum absolute atomic E-state index is 0.133. The van der Waals surface area contributed by atoms with E-state index in [4.69, 9.17) is 4.74 Å². The standard InChI is InChI=1S/C18H25N3O2/c1-23-16-8-9-17-14(12-16)13-19-21(17)11-10-18(22)20-15-6-4-2-3-5-7-15/h8-9,12-13,15H,2-7,10-11H2,1H3,(H,20,22). The summed E-state index contributed by atoms with van der Waals surface area (Å²) in [4.78, 5) is 12.2. The fourth-order valence-electron chi connectivity index (χ4n) is 3.30. The second kappa shape index (κ2) is 7.49. The third-order valence-electron chi connectivity index (χ3n) is 4.62. The molecule has 1 N–H and O–H groups in total. The van der Waals surface area contributed by atoms with Crippen molar-refractivity contribution >= 4 is 16.8 Å². The Morgan fingerprint density at radius 2 is 2.09 bits per heavy atom. The highest BCUT2D eigenvalue weighted by molar-refractivity contribution is 5.80. The lowest BCUT2D eigenvalue weighted by molar-refractivity contribution is -0.122. The molecule has 1 aliphatic carbocycles. The fraction of sp³-hybridized carbons (Fsp3) is 0.556. The Morgan fingerprint density at radius 3 is 2.83 bits per heavy atom. The van der Waals surface area contributed by atoms with E-state index in [0.717, 1.165) is 29.5 Å². The second-order valence-corrected chi connectivity index (χ2v) is 6.30. The Balaban J connectivity index is 1.56. The number of nitrogens with one attached hydrogen (secondary N) is 1. The van der Waals surface area contributed by atoms with Crippen LogP contribution in [0.1, 0.15) is 44.9 Å². The summed E-state index contributed by atoms with van der Waals surface area (Å²) in [6, 6.07) is 6.24. The number of carbonyl (C=O) groups excluding carboxylic acids is 1. The molecule has 0 atom stereocenters. The number of aryl methyl sites for hydroxylation is 1. The van der Waals surface area contributed by atoms with Crippen LogP contribution in [-0.2, 0) is 11.3 Å². The summed E-state index contributed by atoms with van der Waals surface area (Å²) >= 11 is 0. The number of hydrogen-bond donors (Lipinski definition) is 1. The van der Waals surface area contributed by atoms with E-state index in [1.54, 1.807) is 7.11 Å². The normalized spacial score (nSPS) is 16.2. The molecule has 1 aromatic carbocycles. The summed E-state index contributed by atoms with van der Waals surface area (Å²) in [7, 11) is 1.66. The Morgan fingerprint density at radius 1 is 1.30 bits per heavy atom. The van der Waals surface area contributed by atoms with Gasteiger partial charge >= 0.3 is 0 Å². The average molecular weight is 315 g/mol. The Bertz CT molecular complexity index is 657. The number of amides is 1. The van der Waals surface area contributed by atoms with Crippen molar-refractivity contribution in [3.63, 3.8) is 0 Å². The molecule has 3 rings (SSSR count). The summed E-state index contributed by atoms with van der Waals surface area (Å²) in [5, 5.41) is 8.61. The molecular weight excluding hydrogens is 290 g/mol. The maximum absolute atomic E-state index is 12.2. The smallest absolute Gasteiger partial charge is 0.222 e. The molecule has 5 nitrogen and oxygen atoms in total. The molecular formula is C18H25N3O2. The Labute approximate surface area is 137 Å². The van der Waals surface area contributed by atoms with Crippen molar-refractivity contribution in [2.75, 3.05) is 7.11 Å². The zero-order valence-electron chi connectivity index (χ0n) is 13.8. The molecule has 0 radical (unpaired) electrons. The van der Waals surface area contributed by atoms with Gasteiger partial charge in [-0.05, 0) is 31.0 Å². The topological polar surface area (TPSA) is 56.2 Å². The number of rotatable bonds is 5. The number of fused-ring (bicyclic) bond motifs is 1. The highest BCUT2D eigenvalue weighted by Crippen LogP contribution is 2.21. The van der Waals surface area contributed by atoms with Crippen molar-refractivity contribution in [3.05, 3.63) is 24.4 Å². The lowest BCUT2D eigenvalue weighted by atomic mass is 10.1. The molecule has 0 aliphatic heterocycles. The van der Waals surface area contributed by atoms with Gasteiger partial charge in [-0.2, -0.15) is 5.10 Å². The number of benzene rings is 1. The first-order valence-corrected chi connectivity index (χ1v) is 8.55. The molecule has 1 heterocycles. The molecule has 124 valence electrons. The molecule has 0 saturated heterocycles. The quantitative estimate of drug-likeness (QED) is 0.862. The number of hydrogen-bond acceptors (Lipinski definition) is 3. The van der Waals surface area contributed by atoms with Gasteiger partial charge in [-0.1, -0.05) is 25.7 Å². The van der Waals surface area contributed by atoms with Crippen LogP contribution in [0, 0.1) is 0 Å². The van der Waals surface area contributed by atoms with Gasteiger partial charge in [0.05, 0.1) is 25.4 Å². The lowest BCUT2D eigenvalue weighted by Gasteiger charge is -2.16. The van der Waals surface area contributed by atoms with E-state index >= 15 is 0 Å². The fourth-order valence-corrected chi connectivity index (χ4v) is 3.30. The minimum atomic E-state index is 0.133. The van der Waals surface area contributed by atoms with E-state index < -0.39 is 0 Å². The summed E-state index contributed by atoms with van der Waals surface area (Å²) in [5.74, 6) is 0.956. The SMILES string of the molecule is COc1ccc2c(cnn2CCC(=O)NC2CCCCCC2)c1. The van der Waals surface area contributed by atoms with Gasteiger partial charge in [0.2, 0.25) is 5.91 Å². The summed E-state index contributed by atoms with van der Waals surface area (Å²) in [6.07, 6.45) is 9.60. The first-order valence-electron chi connectivity index (χ1n) is 8.55. The highest BCUT2D eigenvalue weighted by Gasteiger charge is 2.15. The van der Waals surface area contributed by atoms with E-state index in [1.165, 1.54) is 25.7 Å². The predicted molar refractivity (Wildman–Crippen MR) is 90.5 cm³/mol. The zero-order chi connectivity index (χ0) is 16.1. The third kappa shape index (κ3) is 4.03. The van der Waals surface area contributed by atoms with E-state index in [9.17, 15) is 4.79 Å². The first-order chi connectivity index (χ1) is 11.3. The minimum Gasteiger partial charge on any atom is -0.497 e. The van der Waals surface area contributed by atoms with E-state index in [-0.39, 0.29) is 5.91 Å². The molecule has 5 heteroatoms. The number of methoxy groups -OCH3 is 1. The maximum atomic E-state index is 12.2. The van der Waals surface area contributed by atoms with Crippen LogP contribution >= 0.6 is 0 Å². The van der Waals surface area contributed by atoms with E-state index in [1.807, 2.05) is 29.1 Å². The molecule has 23 heavy (non-hydrogen) atoms. The van der Waals surface area contributed by atoms with Crippen molar-refractivity contribution in [3.8, 4) is 5.75 Å². The van der Waals surface area contributed by atoms with Gasteiger partial charge in [-0.15, -0.1) is 0 Å². The molecule has 1 fully saturated rings. The van der Waals surface area contributed by atoms with Crippen LogP contribution in [0.15, 0.2) is 24.4 Å². The maximum Gasteiger partial charge on any atom is 0.222 e. The molecule has 1 saturated carbocycles. The average Bonchev–Trinajstić information content (AvgIpc) is 2.79. The van der Waals surface area contributed by atoms with E-state index in [0.29, 0.717) is 19.0 Å². The Hall–Kier alpha value is -2.04. The van der Waals surface area contributed by atoms with E-state index in [2.05, 4.69) is 10.4 Å². The van der Waals surface area contributed by atoms with Crippen LogP contribution in [0.2, 0.25) is 0 Å². The number of carbonyl (C=O) groups is 1. The zero-order valence-corrected chi connectivity index (χ0v) is 13.8. The Kier molecular flexibility index (Phi) is 5.16. The van der Waals surface area contributed by atoms with Gasteiger partial charge in [0.15, 0.2) is 0 Å². The van der Waals surface area contributed by atoms with Gasteiger partial charge in [-0.3, -0.25) is 9.48 Å². The molecule has 2 aromatic rings. The van der Waals surface area contributed by atoms with Crippen LogP contribution in [0.5, 0.6) is 5.75 Å². The van der Waals surface area contributed by atoms with Crippen LogP contribution in [0.4, 0.5) is 0 Å². The molecule has 0 spiro atoms. The molecule has 0 unspecified atom stereocenters. The van der Waals surface area contributed by atoms with Crippen LogP contribution in [-0.4, -0.2) is 28.8 Å². The summed E-state index contributed by atoms with van der Waals surface area (Å²) in [5.41, 5.74) is 1.04. The van der Waals surface area contributed by atoms with Crippen molar-refractivity contribution in [1.29, 1.82) is 0 Å². The van der Waals surface area contributed by atoms with Crippen molar-refractivity contribution < 1.29 is 9.53 Å². The number of ether oxygens (including phenoxy) is 1. The predicted octanol–water partition coefficient (Wildman–Crippen LogP) is 3.27. The lowest BCUT2D eigenvalue weighted by Crippen LogP contribution is -2.34. The monoisotopic (exact) mass is 315 g/mol. The third-order valence-corrected chi connectivity index (χ3v) is 4.62. The largest absolute Gasteiger partial charge is 0.497 e. The highest BCUT2D eigenvalue weighted by atomic mass is 16.5. The van der Waals surface area contributed by atoms with Crippen molar-refractivity contribution in [1.82, 2.24) is 15.1 Å². The van der Waals surface area contributed by atoms with Gasteiger partial charge in [0.1, 0.15) is 5.75 Å². The van der Waals surface area contributed by atoms with Crippen LogP contribution < -0.4 is 10.1 Å². The van der Waals surface area contributed by atoms with Gasteiger partial charge in [0, 0.05) is 17.8 Å². The number of nitrogens with zero attached hydrogens (tertiary/aromatic N) is 2. The molecule has 1 aliphatic rings.